The molecule has 2 heterocycles. The molecule has 1 saturated heterocycles. The first kappa shape index (κ1) is 21.0. The van der Waals surface area contributed by atoms with Crippen LogP contribution in [-0.4, -0.2) is 44.0 Å². The van der Waals surface area contributed by atoms with Crippen molar-refractivity contribution in [3.63, 3.8) is 0 Å². The number of carboxylic acids is 1. The van der Waals surface area contributed by atoms with Crippen LogP contribution in [-0.2, 0) is 14.4 Å². The molecule has 3 rings (SSSR count). The quantitative estimate of drug-likeness (QED) is 0.399. The fourth-order valence-electron chi connectivity index (χ4n) is 2.86. The standard InChI is InChI=1S/C19H15Cl2N3O4S/c20-11-7-12(21)9-14(8-11)23-5-1-3-13(23)10-15-17(27)22-19(29)24(18(15)28)6-2-4-16(25)26/h1,3,5,7-10H,2,4,6H2,(H,25,26)(H,22,27,29). The molecule has 2 N–H and O–H groups in total. The number of hydrogen-bond acceptors (Lipinski definition) is 4. The van der Waals surface area contributed by atoms with Crippen molar-refractivity contribution in [2.75, 3.05) is 6.54 Å². The number of nitrogens with one attached hydrogen (secondary N) is 1. The zero-order valence-electron chi connectivity index (χ0n) is 14.9. The second-order valence-electron chi connectivity index (χ2n) is 6.20. The summed E-state index contributed by atoms with van der Waals surface area (Å²) >= 11 is 17.2. The van der Waals surface area contributed by atoms with Crippen LogP contribution in [0.4, 0.5) is 0 Å². The van der Waals surface area contributed by atoms with Gasteiger partial charge in [-0.25, -0.2) is 0 Å². The number of amides is 2. The van der Waals surface area contributed by atoms with Crippen molar-refractivity contribution in [1.29, 1.82) is 0 Å². The highest BCUT2D eigenvalue weighted by Gasteiger charge is 2.33. The van der Waals surface area contributed by atoms with Crippen LogP contribution in [0.15, 0.2) is 42.1 Å². The molecule has 0 saturated carbocycles. The first-order valence-corrected chi connectivity index (χ1v) is 9.67. The zero-order valence-corrected chi connectivity index (χ0v) is 17.2. The van der Waals surface area contributed by atoms with Gasteiger partial charge in [-0.15, -0.1) is 0 Å². The molecule has 1 aromatic carbocycles. The second kappa shape index (κ2) is 8.77. The summed E-state index contributed by atoms with van der Waals surface area (Å²) in [5.41, 5.74) is 1.11. The number of aliphatic carboxylic acids is 1. The molecule has 1 fully saturated rings. The number of benzene rings is 1. The molecular formula is C19H15Cl2N3O4S. The van der Waals surface area contributed by atoms with Crippen molar-refractivity contribution >= 4 is 64.4 Å². The van der Waals surface area contributed by atoms with E-state index < -0.39 is 17.8 Å². The molecule has 0 unspecified atom stereocenters. The minimum absolute atomic E-state index is 0.0421. The van der Waals surface area contributed by atoms with E-state index in [0.29, 0.717) is 21.4 Å². The Morgan fingerprint density at radius 2 is 1.90 bits per heavy atom. The summed E-state index contributed by atoms with van der Waals surface area (Å²) in [4.78, 5) is 37.1. The number of rotatable bonds is 6. The predicted molar refractivity (Wildman–Crippen MR) is 113 cm³/mol. The number of carboxylic acid groups (broad SMARTS) is 1. The van der Waals surface area contributed by atoms with Gasteiger partial charge < -0.3 is 9.67 Å². The Morgan fingerprint density at radius 1 is 1.21 bits per heavy atom. The molecule has 7 nitrogen and oxygen atoms in total. The molecule has 0 spiro atoms. The normalized spacial score (nSPS) is 15.7. The van der Waals surface area contributed by atoms with Crippen LogP contribution in [0.1, 0.15) is 18.5 Å². The molecule has 150 valence electrons. The van der Waals surface area contributed by atoms with Gasteiger partial charge in [0.15, 0.2) is 5.11 Å². The molecule has 0 bridgehead atoms. The lowest BCUT2D eigenvalue weighted by Crippen LogP contribution is -2.54. The average Bonchev–Trinajstić information content (AvgIpc) is 3.08. The summed E-state index contributed by atoms with van der Waals surface area (Å²) in [6, 6.07) is 8.48. The highest BCUT2D eigenvalue weighted by molar-refractivity contribution is 7.80. The number of thiocarbonyl (C=S) groups is 1. The Hall–Kier alpha value is -2.68. The summed E-state index contributed by atoms with van der Waals surface area (Å²) in [5, 5.41) is 12.1. The number of carbonyl (C=O) groups excluding carboxylic acids is 2. The van der Waals surface area contributed by atoms with Gasteiger partial charge in [-0.2, -0.15) is 0 Å². The molecule has 2 aromatic rings. The van der Waals surface area contributed by atoms with E-state index in [2.05, 4.69) is 5.32 Å². The molecule has 10 heteroatoms. The van der Waals surface area contributed by atoms with Crippen LogP contribution in [0.3, 0.4) is 0 Å². The van der Waals surface area contributed by atoms with Crippen molar-refractivity contribution in [3.8, 4) is 5.69 Å². The fraction of sp³-hybridized carbons (Fsp3) is 0.158. The van der Waals surface area contributed by atoms with Crippen LogP contribution in [0.2, 0.25) is 10.0 Å². The minimum atomic E-state index is -0.974. The number of aromatic nitrogens is 1. The maximum Gasteiger partial charge on any atom is 0.303 e. The minimum Gasteiger partial charge on any atom is -0.481 e. The molecule has 2 amide bonds. The molecule has 0 atom stereocenters. The molecule has 1 aliphatic heterocycles. The van der Waals surface area contributed by atoms with Gasteiger partial charge in [-0.1, -0.05) is 23.2 Å². The van der Waals surface area contributed by atoms with Crippen LogP contribution in [0, 0.1) is 0 Å². The Kier molecular flexibility index (Phi) is 6.36. The first-order chi connectivity index (χ1) is 13.8. The van der Waals surface area contributed by atoms with Crippen LogP contribution in [0.25, 0.3) is 11.8 Å². The van der Waals surface area contributed by atoms with Gasteiger partial charge in [0.25, 0.3) is 11.8 Å². The summed E-state index contributed by atoms with van der Waals surface area (Å²) in [7, 11) is 0. The lowest BCUT2D eigenvalue weighted by atomic mass is 10.1. The number of carbonyl (C=O) groups is 3. The smallest absolute Gasteiger partial charge is 0.303 e. The van der Waals surface area contributed by atoms with Gasteiger partial charge in [0, 0.05) is 40.6 Å². The maximum absolute atomic E-state index is 12.8. The van der Waals surface area contributed by atoms with Crippen LogP contribution < -0.4 is 5.32 Å². The predicted octanol–water partition coefficient (Wildman–Crippen LogP) is 3.28. The van der Waals surface area contributed by atoms with E-state index in [1.54, 1.807) is 41.1 Å². The first-order valence-electron chi connectivity index (χ1n) is 8.51. The van der Waals surface area contributed by atoms with E-state index in [9.17, 15) is 14.4 Å². The van der Waals surface area contributed by atoms with Gasteiger partial charge in [0.1, 0.15) is 5.57 Å². The third-order valence-electron chi connectivity index (χ3n) is 4.16. The third-order valence-corrected chi connectivity index (χ3v) is 4.92. The van der Waals surface area contributed by atoms with Gasteiger partial charge >= 0.3 is 5.97 Å². The molecule has 0 radical (unpaired) electrons. The highest BCUT2D eigenvalue weighted by Crippen LogP contribution is 2.24. The van der Waals surface area contributed by atoms with Crippen molar-refractivity contribution in [3.05, 3.63) is 57.8 Å². The molecule has 1 aromatic heterocycles. The van der Waals surface area contributed by atoms with E-state index >= 15 is 0 Å². The van der Waals surface area contributed by atoms with E-state index in [1.807, 2.05) is 0 Å². The van der Waals surface area contributed by atoms with Crippen molar-refractivity contribution in [2.45, 2.75) is 12.8 Å². The second-order valence-corrected chi connectivity index (χ2v) is 7.46. The van der Waals surface area contributed by atoms with E-state index in [1.165, 1.54) is 11.0 Å². The Labute approximate surface area is 181 Å². The highest BCUT2D eigenvalue weighted by atomic mass is 35.5. The summed E-state index contributed by atoms with van der Waals surface area (Å²) in [5.74, 6) is -2.18. The largest absolute Gasteiger partial charge is 0.481 e. The van der Waals surface area contributed by atoms with Crippen molar-refractivity contribution in [2.24, 2.45) is 0 Å². The SMILES string of the molecule is O=C(O)CCCN1C(=O)C(=Cc2cccn2-c2cc(Cl)cc(Cl)c2)C(=O)NC1=S. The monoisotopic (exact) mass is 451 g/mol. The summed E-state index contributed by atoms with van der Waals surface area (Å²) in [6.45, 7) is 0.0898. The lowest BCUT2D eigenvalue weighted by molar-refractivity contribution is -0.137. The Morgan fingerprint density at radius 3 is 2.55 bits per heavy atom. The third kappa shape index (κ3) is 4.84. The topological polar surface area (TPSA) is 91.6 Å². The molecule has 1 aliphatic rings. The number of nitrogens with zero attached hydrogens (tertiary/aromatic N) is 2. The number of hydrogen-bond donors (Lipinski definition) is 2. The Bertz CT molecular complexity index is 1030. The molecule has 0 aliphatic carbocycles. The van der Waals surface area contributed by atoms with Crippen molar-refractivity contribution in [1.82, 2.24) is 14.8 Å². The number of halogens is 2. The van der Waals surface area contributed by atoms with E-state index in [4.69, 9.17) is 40.5 Å². The lowest BCUT2D eigenvalue weighted by Gasteiger charge is -2.28. The van der Waals surface area contributed by atoms with Crippen molar-refractivity contribution < 1.29 is 19.5 Å². The zero-order chi connectivity index (χ0) is 21.1. The summed E-state index contributed by atoms with van der Waals surface area (Å²) < 4.78 is 1.73. The average molecular weight is 452 g/mol. The van der Waals surface area contributed by atoms with Gasteiger partial charge in [0.2, 0.25) is 0 Å². The van der Waals surface area contributed by atoms with Crippen LogP contribution >= 0.6 is 35.4 Å². The van der Waals surface area contributed by atoms with E-state index in [0.717, 1.165) is 0 Å². The summed E-state index contributed by atoms with van der Waals surface area (Å²) in [6.07, 6.45) is 3.28. The maximum atomic E-state index is 12.8. The molecular weight excluding hydrogens is 437 g/mol. The Balaban J connectivity index is 1.92. The van der Waals surface area contributed by atoms with Gasteiger partial charge in [-0.05, 0) is 55.0 Å². The fourth-order valence-corrected chi connectivity index (χ4v) is 3.64. The van der Waals surface area contributed by atoms with Gasteiger partial charge in [0.05, 0.1) is 0 Å². The van der Waals surface area contributed by atoms with Crippen LogP contribution in [0.5, 0.6) is 0 Å². The van der Waals surface area contributed by atoms with Gasteiger partial charge in [-0.3, -0.25) is 24.6 Å². The van der Waals surface area contributed by atoms with E-state index in [-0.39, 0.29) is 30.1 Å². The molecule has 29 heavy (non-hydrogen) atoms.